The monoisotopic (exact) mass is 844 g/mol. The van der Waals surface area contributed by atoms with Gasteiger partial charge in [-0.25, -0.2) is 9.18 Å². The van der Waals surface area contributed by atoms with Crippen LogP contribution in [0.15, 0.2) is 103 Å². The third-order valence-corrected chi connectivity index (χ3v) is 8.99. The standard InChI is InChI=1S/C44H37FN6O11/c1-23(22-24-4-10-27(45)11-5-24)39(54)47-28-12-6-26(7-13-28)41(56)51-34(20-21-46)43(58)48-29-14-8-25(9-15-29)40(55)49-32-18-16-30(35(52)37(32)61-2)42(57)50-33-19-17-31(44(59)60)36(53)38(33)62-3/h4-19,22,34,52-53H,20H2,1-3H3,(H,47,54)(H,48,58)(H,49,55)(H,50,57)(H,51,56)(H,59,60). The van der Waals surface area contributed by atoms with E-state index >= 15 is 0 Å². The minimum absolute atomic E-state index is 0.0230. The van der Waals surface area contributed by atoms with Crippen molar-refractivity contribution in [2.75, 3.05) is 35.5 Å². The fourth-order valence-corrected chi connectivity index (χ4v) is 5.78. The van der Waals surface area contributed by atoms with Gasteiger partial charge >= 0.3 is 5.97 Å². The average Bonchev–Trinajstić information content (AvgIpc) is 3.24. The minimum atomic E-state index is -1.43. The van der Waals surface area contributed by atoms with Crippen LogP contribution in [-0.4, -0.2) is 71.1 Å². The van der Waals surface area contributed by atoms with Crippen LogP contribution in [0.4, 0.5) is 27.1 Å². The molecule has 18 heteroatoms. The smallest absolute Gasteiger partial charge is 0.339 e. The Balaban J connectivity index is 1.18. The fraction of sp³-hybridized carbons (Fsp3) is 0.114. The highest BCUT2D eigenvalue weighted by Gasteiger charge is 2.25. The molecule has 0 aliphatic rings. The van der Waals surface area contributed by atoms with Gasteiger partial charge in [0.2, 0.25) is 5.91 Å². The number of ether oxygens (including phenoxy) is 2. The zero-order chi connectivity index (χ0) is 45.1. The number of phenolic OH excluding ortho intramolecular Hbond substituents is 1. The Bertz CT molecular complexity index is 2620. The maximum atomic E-state index is 13.2. The lowest BCUT2D eigenvalue weighted by Gasteiger charge is -2.17. The number of phenols is 2. The zero-order valence-electron chi connectivity index (χ0n) is 33.0. The number of methoxy groups -OCH3 is 2. The maximum Gasteiger partial charge on any atom is 0.339 e. The molecule has 0 radical (unpaired) electrons. The number of nitrogens with one attached hydrogen (secondary N) is 5. The van der Waals surface area contributed by atoms with E-state index in [0.29, 0.717) is 16.8 Å². The van der Waals surface area contributed by atoms with E-state index in [1.54, 1.807) is 13.0 Å². The van der Waals surface area contributed by atoms with Crippen LogP contribution >= 0.6 is 0 Å². The SMILES string of the molecule is COc1c(NC(=O)c2ccc(NC(=O)c3ccc(NC(=O)C(CC#N)NC(=O)c4ccc(NC(=O)C(C)=Cc5ccc(F)cc5)cc4)cc3)c(OC)c2O)ccc(C(=O)O)c1O. The van der Waals surface area contributed by atoms with Gasteiger partial charge < -0.3 is 51.4 Å². The highest BCUT2D eigenvalue weighted by Crippen LogP contribution is 2.40. The molecule has 8 N–H and O–H groups in total. The summed E-state index contributed by atoms with van der Waals surface area (Å²) in [6, 6.07) is 22.3. The van der Waals surface area contributed by atoms with Crippen LogP contribution in [0.25, 0.3) is 6.08 Å². The molecule has 5 rings (SSSR count). The molecule has 0 saturated heterocycles. The predicted octanol–water partition coefficient (Wildman–Crippen LogP) is 6.15. The molecule has 1 unspecified atom stereocenters. The Morgan fingerprint density at radius 2 is 1.18 bits per heavy atom. The maximum absolute atomic E-state index is 13.2. The molecule has 0 fully saturated rings. The lowest BCUT2D eigenvalue weighted by atomic mass is 10.1. The molecule has 0 spiro atoms. The highest BCUT2D eigenvalue weighted by atomic mass is 19.1. The van der Waals surface area contributed by atoms with Crippen molar-refractivity contribution in [2.45, 2.75) is 19.4 Å². The van der Waals surface area contributed by atoms with Crippen LogP contribution in [0.5, 0.6) is 23.0 Å². The van der Waals surface area contributed by atoms with Gasteiger partial charge in [-0.1, -0.05) is 12.1 Å². The number of carboxylic acid groups (broad SMARTS) is 1. The number of hydrogen-bond donors (Lipinski definition) is 8. The minimum Gasteiger partial charge on any atom is -0.504 e. The molecule has 0 aliphatic carbocycles. The molecule has 62 heavy (non-hydrogen) atoms. The van der Waals surface area contributed by atoms with E-state index in [0.717, 1.165) is 13.2 Å². The van der Waals surface area contributed by atoms with Gasteiger partial charge in [-0.2, -0.15) is 5.26 Å². The number of aromatic carboxylic acids is 1. The molecule has 0 heterocycles. The number of halogens is 1. The Labute approximate surface area is 352 Å². The van der Waals surface area contributed by atoms with Crippen molar-refractivity contribution < 1.29 is 58.0 Å². The molecule has 0 aromatic heterocycles. The molecule has 0 saturated carbocycles. The summed E-state index contributed by atoms with van der Waals surface area (Å²) in [5, 5.41) is 52.6. The topological polar surface area (TPSA) is 266 Å². The van der Waals surface area contributed by atoms with E-state index in [1.165, 1.54) is 98.1 Å². The number of benzene rings is 5. The molecule has 0 bridgehead atoms. The van der Waals surface area contributed by atoms with Crippen LogP contribution in [0, 0.1) is 17.1 Å². The average molecular weight is 845 g/mol. The molecular weight excluding hydrogens is 808 g/mol. The van der Waals surface area contributed by atoms with Gasteiger partial charge in [0, 0.05) is 28.1 Å². The zero-order valence-corrected chi connectivity index (χ0v) is 33.0. The Kier molecular flexibility index (Phi) is 14.2. The van der Waals surface area contributed by atoms with E-state index in [9.17, 15) is 53.7 Å². The van der Waals surface area contributed by atoms with Crippen LogP contribution in [-0.2, 0) is 9.59 Å². The van der Waals surface area contributed by atoms with Crippen molar-refractivity contribution in [3.8, 4) is 29.1 Å². The second-order valence-electron chi connectivity index (χ2n) is 13.2. The van der Waals surface area contributed by atoms with Crippen LogP contribution in [0.3, 0.4) is 0 Å². The summed E-state index contributed by atoms with van der Waals surface area (Å²) in [5.74, 6) is -7.19. The van der Waals surface area contributed by atoms with Gasteiger partial charge in [0.05, 0.1) is 43.6 Å². The van der Waals surface area contributed by atoms with Crippen molar-refractivity contribution in [1.82, 2.24) is 5.32 Å². The van der Waals surface area contributed by atoms with Gasteiger partial charge in [-0.3, -0.25) is 24.0 Å². The summed E-state index contributed by atoms with van der Waals surface area (Å²) in [4.78, 5) is 76.5. The Morgan fingerprint density at radius 1 is 0.677 bits per heavy atom. The number of carboxylic acids is 1. The number of carbonyl (C=O) groups excluding carboxylic acids is 5. The van der Waals surface area contributed by atoms with E-state index in [4.69, 9.17) is 9.47 Å². The summed E-state index contributed by atoms with van der Waals surface area (Å²) in [7, 11) is 2.35. The number of nitriles is 1. The van der Waals surface area contributed by atoms with Crippen molar-refractivity contribution in [3.63, 3.8) is 0 Å². The van der Waals surface area contributed by atoms with E-state index < -0.39 is 64.4 Å². The second kappa shape index (κ2) is 19.8. The molecule has 5 aromatic rings. The number of carbonyl (C=O) groups is 6. The first kappa shape index (κ1) is 44.4. The van der Waals surface area contributed by atoms with Crippen LogP contribution < -0.4 is 36.1 Å². The highest BCUT2D eigenvalue weighted by molar-refractivity contribution is 6.11. The number of anilines is 4. The summed E-state index contributed by atoms with van der Waals surface area (Å²) >= 11 is 0. The van der Waals surface area contributed by atoms with E-state index in [-0.39, 0.29) is 51.7 Å². The quantitative estimate of drug-likeness (QED) is 0.0552. The molecule has 17 nitrogen and oxygen atoms in total. The summed E-state index contributed by atoms with van der Waals surface area (Å²) < 4.78 is 23.5. The summed E-state index contributed by atoms with van der Waals surface area (Å²) in [6.45, 7) is 1.59. The molecular formula is C44H37FN6O11. The van der Waals surface area contributed by atoms with Gasteiger partial charge in [-0.15, -0.1) is 0 Å². The van der Waals surface area contributed by atoms with Crippen LogP contribution in [0.2, 0.25) is 0 Å². The number of aromatic hydroxyl groups is 2. The normalized spacial score (nSPS) is 11.2. The van der Waals surface area contributed by atoms with Crippen molar-refractivity contribution in [2.24, 2.45) is 0 Å². The Hall–Kier alpha value is -8.72. The van der Waals surface area contributed by atoms with Gasteiger partial charge in [-0.05, 0) is 103 Å². The number of hydrogen-bond acceptors (Lipinski definition) is 11. The lowest BCUT2D eigenvalue weighted by molar-refractivity contribution is -0.118. The second-order valence-corrected chi connectivity index (χ2v) is 13.2. The fourth-order valence-electron chi connectivity index (χ4n) is 5.78. The third-order valence-electron chi connectivity index (χ3n) is 8.99. The van der Waals surface area contributed by atoms with Gasteiger partial charge in [0.1, 0.15) is 17.4 Å². The predicted molar refractivity (Wildman–Crippen MR) is 224 cm³/mol. The van der Waals surface area contributed by atoms with E-state index in [1.807, 2.05) is 6.07 Å². The summed E-state index contributed by atoms with van der Waals surface area (Å²) in [5.41, 5.74) is 0.939. The molecule has 0 aliphatic heterocycles. The third kappa shape index (κ3) is 10.7. The van der Waals surface area contributed by atoms with Gasteiger partial charge in [0.15, 0.2) is 23.0 Å². The summed E-state index contributed by atoms with van der Waals surface area (Å²) in [6.07, 6.45) is 1.21. The number of nitrogens with zero attached hydrogens (tertiary/aromatic N) is 1. The molecule has 5 amide bonds. The molecule has 316 valence electrons. The largest absolute Gasteiger partial charge is 0.504 e. The Morgan fingerprint density at radius 3 is 1.71 bits per heavy atom. The lowest BCUT2D eigenvalue weighted by Crippen LogP contribution is -2.43. The first-order chi connectivity index (χ1) is 29.6. The molecule has 5 aromatic carbocycles. The van der Waals surface area contributed by atoms with Crippen LogP contribution in [0.1, 0.15) is 60.3 Å². The van der Waals surface area contributed by atoms with Gasteiger partial charge in [0.25, 0.3) is 23.6 Å². The number of amides is 5. The first-order valence-corrected chi connectivity index (χ1v) is 18.2. The van der Waals surface area contributed by atoms with E-state index in [2.05, 4.69) is 26.6 Å². The molecule has 1 atom stereocenters. The number of rotatable bonds is 15. The first-order valence-electron chi connectivity index (χ1n) is 18.2. The van der Waals surface area contributed by atoms with Crippen molar-refractivity contribution in [3.05, 3.63) is 136 Å². The van der Waals surface area contributed by atoms with Crippen molar-refractivity contribution in [1.29, 1.82) is 5.26 Å². The van der Waals surface area contributed by atoms with Crippen molar-refractivity contribution >= 4 is 64.3 Å².